The highest BCUT2D eigenvalue weighted by molar-refractivity contribution is 5.70. The summed E-state index contributed by atoms with van der Waals surface area (Å²) in [6.07, 6.45) is 22.2. The van der Waals surface area contributed by atoms with Crippen LogP contribution in [0.5, 0.6) is 0 Å². The molecule has 0 radical (unpaired) electrons. The van der Waals surface area contributed by atoms with Crippen molar-refractivity contribution >= 4 is 5.97 Å². The van der Waals surface area contributed by atoms with Crippen molar-refractivity contribution in [2.24, 2.45) is 0 Å². The second-order valence-electron chi connectivity index (χ2n) is 9.99. The van der Waals surface area contributed by atoms with E-state index < -0.39 is 5.97 Å². The minimum atomic E-state index is -0.391. The Bertz CT molecular complexity index is 464. The lowest BCUT2D eigenvalue weighted by Crippen LogP contribution is -2.15. The van der Waals surface area contributed by atoms with Crippen molar-refractivity contribution in [2.45, 2.75) is 110 Å². The lowest BCUT2D eigenvalue weighted by molar-refractivity contribution is -0.146. The number of esters is 1. The SMILES string of the molecule is CCCCCCCCCCCCCCCCCCOCCOCCOCCOCCOCCOCC(=O)OC. The number of carbonyl (C=O) groups is 1. The first-order valence-electron chi connectivity index (χ1n) is 15.8. The zero-order valence-corrected chi connectivity index (χ0v) is 25.6. The summed E-state index contributed by atoms with van der Waals surface area (Å²) in [7, 11) is 1.33. The van der Waals surface area contributed by atoms with Crippen LogP contribution in [-0.4, -0.2) is 92.4 Å². The van der Waals surface area contributed by atoms with Crippen molar-refractivity contribution in [3.8, 4) is 0 Å². The van der Waals surface area contributed by atoms with E-state index in [1.807, 2.05) is 0 Å². The minimum Gasteiger partial charge on any atom is -0.467 e. The van der Waals surface area contributed by atoms with Crippen LogP contribution in [0.25, 0.3) is 0 Å². The first-order valence-corrected chi connectivity index (χ1v) is 15.8. The molecular formula is C31H62O8. The summed E-state index contributed by atoms with van der Waals surface area (Å²) < 4.78 is 37.0. The predicted molar refractivity (Wildman–Crippen MR) is 156 cm³/mol. The highest BCUT2D eigenvalue weighted by Gasteiger charge is 1.99. The molecule has 0 rings (SSSR count). The van der Waals surface area contributed by atoms with E-state index >= 15 is 0 Å². The highest BCUT2D eigenvalue weighted by atomic mass is 16.6. The van der Waals surface area contributed by atoms with Crippen LogP contribution in [0.4, 0.5) is 0 Å². The standard InChI is InChI=1S/C31H62O8/c1-3-4-5-6-7-8-9-10-11-12-13-14-15-16-17-18-19-34-20-21-35-22-23-36-24-25-37-26-27-38-28-29-39-30-31(32)33-2/h3-30H2,1-2H3. The molecule has 0 aliphatic heterocycles. The van der Waals surface area contributed by atoms with Crippen LogP contribution < -0.4 is 0 Å². The maximum Gasteiger partial charge on any atom is 0.331 e. The molecule has 234 valence electrons. The fourth-order valence-electron chi connectivity index (χ4n) is 4.07. The molecule has 0 spiro atoms. The van der Waals surface area contributed by atoms with Gasteiger partial charge in [0, 0.05) is 6.61 Å². The molecule has 0 bridgehead atoms. The van der Waals surface area contributed by atoms with Crippen LogP contribution in [0.3, 0.4) is 0 Å². The van der Waals surface area contributed by atoms with Gasteiger partial charge in [-0.2, -0.15) is 0 Å². The largest absolute Gasteiger partial charge is 0.467 e. The van der Waals surface area contributed by atoms with Crippen LogP contribution in [0.1, 0.15) is 110 Å². The maximum atomic E-state index is 10.8. The van der Waals surface area contributed by atoms with E-state index in [0.29, 0.717) is 66.1 Å². The molecule has 39 heavy (non-hydrogen) atoms. The average molecular weight is 563 g/mol. The van der Waals surface area contributed by atoms with Crippen LogP contribution >= 0.6 is 0 Å². The first-order chi connectivity index (χ1) is 19.3. The predicted octanol–water partition coefficient (Wildman–Crippen LogP) is 6.52. The van der Waals surface area contributed by atoms with Gasteiger partial charge < -0.3 is 33.2 Å². The molecular weight excluding hydrogens is 500 g/mol. The van der Waals surface area contributed by atoms with Crippen LogP contribution in [-0.2, 0) is 38.0 Å². The Morgan fingerprint density at radius 1 is 0.385 bits per heavy atom. The first kappa shape index (κ1) is 38.2. The number of ether oxygens (including phenoxy) is 7. The third-order valence-corrected chi connectivity index (χ3v) is 6.45. The lowest BCUT2D eigenvalue weighted by Gasteiger charge is -2.08. The van der Waals surface area contributed by atoms with Gasteiger partial charge in [-0.1, -0.05) is 103 Å². The molecule has 0 aliphatic carbocycles. The molecule has 0 saturated carbocycles. The molecule has 0 N–H and O–H groups in total. The fourth-order valence-corrected chi connectivity index (χ4v) is 4.07. The van der Waals surface area contributed by atoms with Gasteiger partial charge in [0.25, 0.3) is 0 Å². The molecule has 0 atom stereocenters. The smallest absolute Gasteiger partial charge is 0.331 e. The second-order valence-corrected chi connectivity index (χ2v) is 9.99. The summed E-state index contributed by atoms with van der Waals surface area (Å²) >= 11 is 0. The van der Waals surface area contributed by atoms with Gasteiger partial charge in [0.15, 0.2) is 0 Å². The number of carbonyl (C=O) groups excluding carboxylic acids is 1. The van der Waals surface area contributed by atoms with Crippen LogP contribution in [0.15, 0.2) is 0 Å². The number of hydrogen-bond donors (Lipinski definition) is 0. The van der Waals surface area contributed by atoms with E-state index in [9.17, 15) is 4.79 Å². The van der Waals surface area contributed by atoms with Crippen molar-refractivity contribution in [1.82, 2.24) is 0 Å². The number of rotatable bonds is 34. The highest BCUT2D eigenvalue weighted by Crippen LogP contribution is 2.13. The Morgan fingerprint density at radius 2 is 0.667 bits per heavy atom. The van der Waals surface area contributed by atoms with Crippen molar-refractivity contribution in [3.63, 3.8) is 0 Å². The van der Waals surface area contributed by atoms with Crippen molar-refractivity contribution < 1.29 is 38.0 Å². The summed E-state index contributed by atoms with van der Waals surface area (Å²) in [5, 5.41) is 0. The van der Waals surface area contributed by atoms with Crippen LogP contribution in [0, 0.1) is 0 Å². The molecule has 0 aromatic rings. The van der Waals surface area contributed by atoms with Gasteiger partial charge >= 0.3 is 5.97 Å². The van der Waals surface area contributed by atoms with E-state index in [2.05, 4.69) is 11.7 Å². The average Bonchev–Trinajstić information content (AvgIpc) is 2.95. The monoisotopic (exact) mass is 562 g/mol. The molecule has 0 aromatic carbocycles. The molecule has 8 nitrogen and oxygen atoms in total. The fraction of sp³-hybridized carbons (Fsp3) is 0.968. The second kappa shape index (κ2) is 35.3. The van der Waals surface area contributed by atoms with E-state index in [-0.39, 0.29) is 6.61 Å². The van der Waals surface area contributed by atoms with Gasteiger partial charge in [0.2, 0.25) is 0 Å². The van der Waals surface area contributed by atoms with Crippen LogP contribution in [0.2, 0.25) is 0 Å². The lowest BCUT2D eigenvalue weighted by atomic mass is 10.0. The Balaban J connectivity index is 3.03. The molecule has 0 aliphatic rings. The van der Waals surface area contributed by atoms with Gasteiger partial charge in [-0.15, -0.1) is 0 Å². The molecule has 0 aromatic heterocycles. The Hall–Kier alpha value is -0.770. The molecule has 8 heteroatoms. The van der Waals surface area contributed by atoms with E-state index in [1.165, 1.54) is 103 Å². The van der Waals surface area contributed by atoms with Gasteiger partial charge in [-0.3, -0.25) is 0 Å². The topological polar surface area (TPSA) is 81.7 Å². The zero-order valence-electron chi connectivity index (χ0n) is 25.6. The molecule has 0 fully saturated rings. The minimum absolute atomic E-state index is 0.0516. The molecule has 0 amide bonds. The van der Waals surface area contributed by atoms with Gasteiger partial charge in [0.05, 0.1) is 73.2 Å². The summed E-state index contributed by atoms with van der Waals surface area (Å²) in [6.45, 7) is 8.23. The molecule has 0 saturated heterocycles. The van der Waals surface area contributed by atoms with E-state index in [4.69, 9.17) is 28.4 Å². The van der Waals surface area contributed by atoms with Gasteiger partial charge in [-0.25, -0.2) is 4.79 Å². The van der Waals surface area contributed by atoms with Gasteiger partial charge in [0.1, 0.15) is 6.61 Å². The third-order valence-electron chi connectivity index (χ3n) is 6.45. The summed E-state index contributed by atoms with van der Waals surface area (Å²) in [5.41, 5.74) is 0. The Kier molecular flexibility index (Phi) is 34.6. The van der Waals surface area contributed by atoms with Crippen molar-refractivity contribution in [3.05, 3.63) is 0 Å². The van der Waals surface area contributed by atoms with Crippen molar-refractivity contribution in [1.29, 1.82) is 0 Å². The quantitative estimate of drug-likeness (QED) is 0.0648. The molecule has 0 heterocycles. The van der Waals surface area contributed by atoms with Gasteiger partial charge in [-0.05, 0) is 6.42 Å². The zero-order chi connectivity index (χ0) is 28.3. The third kappa shape index (κ3) is 35.2. The summed E-state index contributed by atoms with van der Waals surface area (Å²) in [6, 6.07) is 0. The summed E-state index contributed by atoms with van der Waals surface area (Å²) in [5.74, 6) is -0.391. The number of unbranched alkanes of at least 4 members (excludes halogenated alkanes) is 15. The van der Waals surface area contributed by atoms with E-state index in [1.54, 1.807) is 0 Å². The number of hydrogen-bond acceptors (Lipinski definition) is 8. The maximum absolute atomic E-state index is 10.8. The molecule has 0 unspecified atom stereocenters. The Morgan fingerprint density at radius 3 is 1.00 bits per heavy atom. The number of methoxy groups -OCH3 is 1. The van der Waals surface area contributed by atoms with E-state index in [0.717, 1.165) is 13.0 Å². The summed E-state index contributed by atoms with van der Waals surface area (Å²) in [4.78, 5) is 10.8. The Labute approximate surface area is 240 Å². The normalized spacial score (nSPS) is 11.3. The van der Waals surface area contributed by atoms with Crippen molar-refractivity contribution in [2.75, 3.05) is 86.4 Å².